The smallest absolute Gasteiger partial charge is 0.272 e. The van der Waals surface area contributed by atoms with E-state index in [2.05, 4.69) is 21.9 Å². The number of nitrogens with zero attached hydrogens (tertiary/aromatic N) is 1. The highest BCUT2D eigenvalue weighted by molar-refractivity contribution is 5.51. The summed E-state index contributed by atoms with van der Waals surface area (Å²) in [6.07, 6.45) is 6.75. The molecule has 0 bridgehead atoms. The lowest BCUT2D eigenvalue weighted by Crippen LogP contribution is -2.46. The highest BCUT2D eigenvalue weighted by Gasteiger charge is 2.01. The lowest BCUT2D eigenvalue weighted by atomic mass is 10.2. The number of H-pyrrole nitrogens is 2. The number of aryl methyl sites for hydroxylation is 1. The van der Waals surface area contributed by atoms with Crippen LogP contribution in [0.4, 0.5) is 0 Å². The number of ether oxygens (including phenoxy) is 2. The normalized spacial score (nSPS) is 12.1. The average Bonchev–Trinajstić information content (AvgIpc) is 2.85. The highest BCUT2D eigenvalue weighted by atomic mass is 16.5. The SMILES string of the molecule is CCCCOc1ccc(/C=c2\[nH]c(=O)/c(=C/c3cccc(Oc4ccc(C)cc4)c3)[nH]c2=O)nc1. The molecule has 0 spiro atoms. The number of pyridine rings is 1. The van der Waals surface area contributed by atoms with Gasteiger partial charge in [-0.2, -0.15) is 0 Å². The van der Waals surface area contributed by atoms with Crippen molar-refractivity contribution in [2.75, 3.05) is 6.61 Å². The Kier molecular flexibility index (Phi) is 7.57. The number of hydrogen-bond acceptors (Lipinski definition) is 5. The predicted molar refractivity (Wildman–Crippen MR) is 136 cm³/mol. The first-order valence-corrected chi connectivity index (χ1v) is 11.5. The molecule has 0 atom stereocenters. The Labute approximate surface area is 202 Å². The van der Waals surface area contributed by atoms with Gasteiger partial charge >= 0.3 is 0 Å². The number of benzene rings is 2. The van der Waals surface area contributed by atoms with Crippen molar-refractivity contribution in [3.63, 3.8) is 0 Å². The number of hydrogen-bond donors (Lipinski definition) is 2. The van der Waals surface area contributed by atoms with E-state index in [4.69, 9.17) is 9.47 Å². The van der Waals surface area contributed by atoms with E-state index in [0.29, 0.717) is 35.1 Å². The van der Waals surface area contributed by atoms with Crippen LogP contribution in [0.15, 0.2) is 76.4 Å². The number of aromatic nitrogens is 3. The molecule has 2 N–H and O–H groups in total. The molecule has 0 unspecified atom stereocenters. The van der Waals surface area contributed by atoms with Crippen molar-refractivity contribution in [3.05, 3.63) is 115 Å². The van der Waals surface area contributed by atoms with Crippen LogP contribution in [0.5, 0.6) is 17.2 Å². The van der Waals surface area contributed by atoms with E-state index in [1.807, 2.05) is 49.4 Å². The Balaban J connectivity index is 1.57. The molecule has 0 amide bonds. The molecule has 0 fully saturated rings. The molecular formula is C28H27N3O4. The molecule has 4 aromatic rings. The van der Waals surface area contributed by atoms with Crippen LogP contribution in [-0.4, -0.2) is 21.6 Å². The second kappa shape index (κ2) is 11.2. The largest absolute Gasteiger partial charge is 0.492 e. The summed E-state index contributed by atoms with van der Waals surface area (Å²) in [5, 5.41) is 0.267. The first-order chi connectivity index (χ1) is 17.0. The summed E-state index contributed by atoms with van der Waals surface area (Å²) >= 11 is 0. The molecule has 0 aliphatic rings. The Morgan fingerprint density at radius 1 is 0.857 bits per heavy atom. The van der Waals surface area contributed by atoms with E-state index in [0.717, 1.165) is 18.4 Å². The van der Waals surface area contributed by atoms with Crippen LogP contribution in [0, 0.1) is 6.92 Å². The Hall–Kier alpha value is -4.39. The number of nitrogens with one attached hydrogen (secondary N) is 2. The first-order valence-electron chi connectivity index (χ1n) is 11.5. The number of unbranched alkanes of at least 4 members (excludes halogenated alkanes) is 1. The fraction of sp³-hybridized carbons (Fsp3) is 0.179. The third-order valence-corrected chi connectivity index (χ3v) is 5.23. The van der Waals surface area contributed by atoms with Crippen LogP contribution in [-0.2, 0) is 0 Å². The van der Waals surface area contributed by atoms with Gasteiger partial charge in [0.25, 0.3) is 11.1 Å². The first kappa shape index (κ1) is 23.8. The van der Waals surface area contributed by atoms with Gasteiger partial charge in [-0.05, 0) is 67.5 Å². The maximum Gasteiger partial charge on any atom is 0.272 e. The lowest BCUT2D eigenvalue weighted by molar-refractivity contribution is 0.308. The molecule has 2 heterocycles. The zero-order valence-corrected chi connectivity index (χ0v) is 19.7. The third kappa shape index (κ3) is 6.57. The number of rotatable bonds is 8. The second-order valence-electron chi connectivity index (χ2n) is 8.13. The summed E-state index contributed by atoms with van der Waals surface area (Å²) in [5.74, 6) is 2.00. The van der Waals surface area contributed by atoms with Crippen molar-refractivity contribution < 1.29 is 9.47 Å². The van der Waals surface area contributed by atoms with Crippen molar-refractivity contribution >= 4 is 12.2 Å². The monoisotopic (exact) mass is 469 g/mol. The Morgan fingerprint density at radius 2 is 1.57 bits per heavy atom. The van der Waals surface area contributed by atoms with Gasteiger partial charge in [0.05, 0.1) is 18.5 Å². The molecule has 0 saturated heterocycles. The van der Waals surface area contributed by atoms with Crippen molar-refractivity contribution in [3.8, 4) is 17.2 Å². The minimum absolute atomic E-state index is 0.121. The van der Waals surface area contributed by atoms with Crippen molar-refractivity contribution in [2.24, 2.45) is 0 Å². The zero-order valence-electron chi connectivity index (χ0n) is 19.7. The number of aromatic amines is 2. The Morgan fingerprint density at radius 3 is 2.26 bits per heavy atom. The van der Waals surface area contributed by atoms with E-state index >= 15 is 0 Å². The van der Waals surface area contributed by atoms with E-state index in [9.17, 15) is 9.59 Å². The molecule has 4 rings (SSSR count). The quantitative estimate of drug-likeness (QED) is 0.386. The molecule has 35 heavy (non-hydrogen) atoms. The summed E-state index contributed by atoms with van der Waals surface area (Å²) in [7, 11) is 0. The molecule has 2 aromatic carbocycles. The standard InChI is InChI=1S/C28H27N3O4/c1-3-4-14-34-24-13-10-21(29-18-24)17-26-28(33)30-25(27(32)31-26)16-20-6-5-7-23(15-20)35-22-11-8-19(2)9-12-22/h5-13,15-18H,3-4,14H2,1-2H3,(H,30,33)(H,31,32)/b25-16-,26-17-. The summed E-state index contributed by atoms with van der Waals surface area (Å²) < 4.78 is 11.5. The lowest BCUT2D eigenvalue weighted by Gasteiger charge is -2.06. The summed E-state index contributed by atoms with van der Waals surface area (Å²) in [4.78, 5) is 34.8. The van der Waals surface area contributed by atoms with Gasteiger partial charge in [0.15, 0.2) is 0 Å². The topological polar surface area (TPSA) is 97.1 Å². The van der Waals surface area contributed by atoms with Gasteiger partial charge in [-0.1, -0.05) is 43.2 Å². The van der Waals surface area contributed by atoms with Crippen LogP contribution in [0.25, 0.3) is 12.2 Å². The van der Waals surface area contributed by atoms with Gasteiger partial charge in [0, 0.05) is 0 Å². The fourth-order valence-corrected chi connectivity index (χ4v) is 3.32. The van der Waals surface area contributed by atoms with Crippen LogP contribution < -0.4 is 31.3 Å². The van der Waals surface area contributed by atoms with Gasteiger partial charge in [-0.3, -0.25) is 14.6 Å². The predicted octanol–water partition coefficient (Wildman–Crippen LogP) is 3.40. The van der Waals surface area contributed by atoms with E-state index in [-0.39, 0.29) is 10.7 Å². The van der Waals surface area contributed by atoms with E-state index in [1.165, 1.54) is 6.08 Å². The molecule has 2 aromatic heterocycles. The summed E-state index contributed by atoms with van der Waals surface area (Å²) in [6.45, 7) is 4.74. The third-order valence-electron chi connectivity index (χ3n) is 5.23. The van der Waals surface area contributed by atoms with E-state index in [1.54, 1.807) is 30.5 Å². The van der Waals surface area contributed by atoms with Gasteiger partial charge in [0.2, 0.25) is 0 Å². The van der Waals surface area contributed by atoms with Gasteiger partial charge in [-0.25, -0.2) is 0 Å². The molecule has 0 aliphatic heterocycles. The molecule has 0 aliphatic carbocycles. The maximum atomic E-state index is 12.6. The molecule has 0 saturated carbocycles. The van der Waals surface area contributed by atoms with Crippen LogP contribution in [0.1, 0.15) is 36.6 Å². The van der Waals surface area contributed by atoms with Crippen LogP contribution >= 0.6 is 0 Å². The minimum Gasteiger partial charge on any atom is -0.492 e. The summed E-state index contributed by atoms with van der Waals surface area (Å²) in [5.41, 5.74) is 1.56. The fourth-order valence-electron chi connectivity index (χ4n) is 3.32. The van der Waals surface area contributed by atoms with Crippen molar-refractivity contribution in [2.45, 2.75) is 26.7 Å². The second-order valence-corrected chi connectivity index (χ2v) is 8.13. The van der Waals surface area contributed by atoms with Crippen molar-refractivity contribution in [1.29, 1.82) is 0 Å². The van der Waals surface area contributed by atoms with Crippen LogP contribution in [0.2, 0.25) is 0 Å². The Bertz CT molecular complexity index is 1520. The molecular weight excluding hydrogens is 442 g/mol. The molecule has 7 heteroatoms. The van der Waals surface area contributed by atoms with Crippen molar-refractivity contribution in [1.82, 2.24) is 15.0 Å². The molecule has 178 valence electrons. The van der Waals surface area contributed by atoms with Crippen LogP contribution in [0.3, 0.4) is 0 Å². The summed E-state index contributed by atoms with van der Waals surface area (Å²) in [6, 6.07) is 18.5. The molecule has 0 radical (unpaired) electrons. The van der Waals surface area contributed by atoms with E-state index < -0.39 is 11.1 Å². The zero-order chi connectivity index (χ0) is 24.6. The van der Waals surface area contributed by atoms with Gasteiger partial charge in [0.1, 0.15) is 27.9 Å². The average molecular weight is 470 g/mol. The minimum atomic E-state index is -0.423. The van der Waals surface area contributed by atoms with Gasteiger partial charge < -0.3 is 19.4 Å². The highest BCUT2D eigenvalue weighted by Crippen LogP contribution is 2.22. The van der Waals surface area contributed by atoms with Gasteiger partial charge in [-0.15, -0.1) is 0 Å². The maximum absolute atomic E-state index is 12.6. The molecule has 7 nitrogen and oxygen atoms in total.